The highest BCUT2D eigenvalue weighted by Gasteiger charge is 2.32. The monoisotopic (exact) mass is 363 g/mol. The lowest BCUT2D eigenvalue weighted by Gasteiger charge is -2.37. The molecule has 1 saturated heterocycles. The van der Waals surface area contributed by atoms with Gasteiger partial charge in [0.1, 0.15) is 24.1 Å². The van der Waals surface area contributed by atoms with Crippen molar-refractivity contribution >= 4 is 22.6 Å². The Morgan fingerprint density at radius 1 is 1.46 bits per heavy atom. The lowest BCUT2D eigenvalue weighted by Crippen LogP contribution is -2.52. The van der Waals surface area contributed by atoms with Crippen molar-refractivity contribution in [3.8, 4) is 5.75 Å². The van der Waals surface area contributed by atoms with E-state index < -0.39 is 29.0 Å². The Kier molecular flexibility index (Phi) is 3.85. The lowest BCUT2D eigenvalue weighted by molar-refractivity contribution is 0.0694. The van der Waals surface area contributed by atoms with Crippen LogP contribution in [0, 0.1) is 5.82 Å². The zero-order chi connectivity index (χ0) is 18.6. The number of carbonyl (C=O) groups is 1. The van der Waals surface area contributed by atoms with E-state index in [9.17, 15) is 24.2 Å². The van der Waals surface area contributed by atoms with Crippen molar-refractivity contribution in [1.82, 2.24) is 9.88 Å². The fourth-order valence-corrected chi connectivity index (χ4v) is 3.58. The van der Waals surface area contributed by atoms with E-state index in [1.54, 1.807) is 4.57 Å². The summed E-state index contributed by atoms with van der Waals surface area (Å²) in [6.07, 6.45) is 0.341. The molecule has 0 amide bonds. The van der Waals surface area contributed by atoms with Crippen molar-refractivity contribution in [3.05, 3.63) is 33.9 Å². The van der Waals surface area contributed by atoms with Crippen LogP contribution in [-0.4, -0.2) is 53.2 Å². The Morgan fingerprint density at radius 3 is 2.92 bits per heavy atom. The van der Waals surface area contributed by atoms with E-state index in [-0.39, 0.29) is 36.0 Å². The van der Waals surface area contributed by atoms with Crippen LogP contribution < -0.4 is 20.4 Å². The maximum atomic E-state index is 14.9. The molecule has 1 aromatic heterocycles. The van der Waals surface area contributed by atoms with Gasteiger partial charge in [-0.05, 0) is 13.0 Å². The molecule has 2 aromatic rings. The number of nitrogens with one attached hydrogen (secondary N) is 1. The number of aromatic carboxylic acids is 1. The molecule has 2 aliphatic rings. The molecule has 0 spiro atoms. The number of carboxylic acids is 1. The smallest absolute Gasteiger partial charge is 0.341 e. The Labute approximate surface area is 147 Å². The van der Waals surface area contributed by atoms with E-state index in [1.165, 1.54) is 11.1 Å². The van der Waals surface area contributed by atoms with E-state index >= 15 is 0 Å². The van der Waals surface area contributed by atoms with Crippen LogP contribution in [0.25, 0.3) is 10.9 Å². The van der Waals surface area contributed by atoms with Gasteiger partial charge in [-0.3, -0.25) is 4.79 Å². The van der Waals surface area contributed by atoms with Gasteiger partial charge >= 0.3 is 5.97 Å². The van der Waals surface area contributed by atoms with Crippen molar-refractivity contribution in [2.45, 2.75) is 19.2 Å². The van der Waals surface area contributed by atoms with Crippen molar-refractivity contribution in [3.63, 3.8) is 0 Å². The number of halogens is 1. The Morgan fingerprint density at radius 2 is 2.23 bits per heavy atom. The van der Waals surface area contributed by atoms with E-state index in [1.807, 2.05) is 6.92 Å². The van der Waals surface area contributed by atoms with Crippen LogP contribution in [0.5, 0.6) is 5.75 Å². The van der Waals surface area contributed by atoms with E-state index in [0.717, 1.165) is 6.07 Å². The summed E-state index contributed by atoms with van der Waals surface area (Å²) in [7, 11) is 0. The van der Waals surface area contributed by atoms with Gasteiger partial charge in [0.2, 0.25) is 5.43 Å². The van der Waals surface area contributed by atoms with Gasteiger partial charge in [0, 0.05) is 25.8 Å². The number of anilines is 1. The van der Waals surface area contributed by atoms with Gasteiger partial charge in [0.05, 0.1) is 16.9 Å². The maximum Gasteiger partial charge on any atom is 0.341 e. The van der Waals surface area contributed by atoms with E-state index in [2.05, 4.69) is 5.32 Å². The van der Waals surface area contributed by atoms with Crippen LogP contribution >= 0.6 is 0 Å². The fourth-order valence-electron chi connectivity index (χ4n) is 3.58. The number of β-amino-alcohol motifs (C(OH)–C–C–N with tert-alkyl or cyclic N) is 1. The summed E-state index contributed by atoms with van der Waals surface area (Å²) in [5.41, 5.74) is -0.726. The normalized spacial score (nSPS) is 22.3. The lowest BCUT2D eigenvalue weighted by atomic mass is 10.1. The van der Waals surface area contributed by atoms with Crippen LogP contribution in [0.15, 0.2) is 17.1 Å². The minimum Gasteiger partial charge on any atom is -0.487 e. The Balaban J connectivity index is 2.06. The van der Waals surface area contributed by atoms with Crippen molar-refractivity contribution in [1.29, 1.82) is 0 Å². The van der Waals surface area contributed by atoms with Gasteiger partial charge in [0.15, 0.2) is 11.6 Å². The second kappa shape index (κ2) is 5.96. The highest BCUT2D eigenvalue weighted by molar-refractivity contribution is 5.97. The molecule has 2 atom stereocenters. The standard InChI is InChI=1S/C17H18FN3O5/c1-8-7-26-16-13-9(15(23)10(17(24)25)6-21(8)13)4-11(18)14(16)20-3-2-19-5-12(20)22/h4,6,8,12,19,22H,2-3,5,7H2,1H3,(H,24,25). The van der Waals surface area contributed by atoms with Gasteiger partial charge in [-0.2, -0.15) is 0 Å². The van der Waals surface area contributed by atoms with Gasteiger partial charge in [-0.25, -0.2) is 9.18 Å². The average molecular weight is 363 g/mol. The molecule has 4 rings (SSSR count). The first-order valence-corrected chi connectivity index (χ1v) is 8.33. The quantitative estimate of drug-likeness (QED) is 0.715. The first kappa shape index (κ1) is 16.8. The summed E-state index contributed by atoms with van der Waals surface area (Å²) >= 11 is 0. The summed E-state index contributed by atoms with van der Waals surface area (Å²) < 4.78 is 22.3. The molecule has 26 heavy (non-hydrogen) atoms. The molecule has 9 heteroatoms. The SMILES string of the molecule is CC1COc2c(N3CCNCC3O)c(F)cc3c(=O)c(C(=O)O)cn1c23. The fraction of sp³-hybridized carbons (Fsp3) is 0.412. The number of nitrogens with zero attached hydrogens (tertiary/aromatic N) is 2. The molecule has 1 aromatic carbocycles. The predicted octanol–water partition coefficient (Wildman–Crippen LogP) is 0.520. The molecule has 3 heterocycles. The van der Waals surface area contributed by atoms with Crippen molar-refractivity contribution in [2.75, 3.05) is 31.1 Å². The molecule has 0 aliphatic carbocycles. The average Bonchev–Trinajstić information content (AvgIpc) is 2.60. The number of ether oxygens (including phenoxy) is 1. The number of piperazine rings is 1. The van der Waals surface area contributed by atoms with Gasteiger partial charge in [0.25, 0.3) is 0 Å². The minimum absolute atomic E-state index is 0.0441. The summed E-state index contributed by atoms with van der Waals surface area (Å²) in [5, 5.41) is 22.5. The minimum atomic E-state index is -1.36. The number of hydrogen-bond donors (Lipinski definition) is 3. The molecule has 2 unspecified atom stereocenters. The summed E-state index contributed by atoms with van der Waals surface area (Å²) in [6, 6.07) is 0.810. The second-order valence-electron chi connectivity index (χ2n) is 6.55. The number of aliphatic hydroxyl groups excluding tert-OH is 1. The molecule has 138 valence electrons. The molecule has 8 nitrogen and oxygen atoms in total. The van der Waals surface area contributed by atoms with Gasteiger partial charge in [-0.15, -0.1) is 0 Å². The van der Waals surface area contributed by atoms with Gasteiger partial charge < -0.3 is 29.7 Å². The summed E-state index contributed by atoms with van der Waals surface area (Å²) in [6.45, 7) is 3.23. The molecule has 0 saturated carbocycles. The number of aromatic nitrogens is 1. The molecular weight excluding hydrogens is 345 g/mol. The third kappa shape index (κ3) is 2.35. The highest BCUT2D eigenvalue weighted by Crippen LogP contribution is 2.42. The van der Waals surface area contributed by atoms with E-state index in [4.69, 9.17) is 4.74 Å². The third-order valence-corrected chi connectivity index (χ3v) is 4.88. The van der Waals surface area contributed by atoms with E-state index in [0.29, 0.717) is 18.6 Å². The van der Waals surface area contributed by atoms with Gasteiger partial charge in [-0.1, -0.05) is 0 Å². The largest absolute Gasteiger partial charge is 0.487 e. The number of benzene rings is 1. The predicted molar refractivity (Wildman–Crippen MR) is 91.6 cm³/mol. The highest BCUT2D eigenvalue weighted by atomic mass is 19.1. The van der Waals surface area contributed by atoms with Crippen LogP contribution in [0.2, 0.25) is 0 Å². The van der Waals surface area contributed by atoms with Crippen LogP contribution in [-0.2, 0) is 0 Å². The molecule has 0 radical (unpaired) electrons. The molecule has 3 N–H and O–H groups in total. The summed E-state index contributed by atoms with van der Waals surface area (Å²) in [4.78, 5) is 25.4. The molecule has 0 bridgehead atoms. The number of pyridine rings is 1. The van der Waals surface area contributed by atoms with Crippen molar-refractivity contribution < 1.29 is 24.1 Å². The zero-order valence-corrected chi connectivity index (χ0v) is 14.0. The topological polar surface area (TPSA) is 104 Å². The number of aliphatic hydroxyl groups is 1. The van der Waals surface area contributed by atoms with Crippen LogP contribution in [0.3, 0.4) is 0 Å². The molecular formula is C17H18FN3O5. The Hall–Kier alpha value is -2.65. The molecule has 1 fully saturated rings. The van der Waals surface area contributed by atoms with Crippen LogP contribution in [0.1, 0.15) is 23.3 Å². The zero-order valence-electron chi connectivity index (χ0n) is 14.0. The number of hydrogen-bond acceptors (Lipinski definition) is 6. The second-order valence-corrected chi connectivity index (χ2v) is 6.55. The number of rotatable bonds is 2. The third-order valence-electron chi connectivity index (χ3n) is 4.88. The maximum absolute atomic E-state index is 14.9. The summed E-state index contributed by atoms with van der Waals surface area (Å²) in [5.74, 6) is -1.93. The Bertz CT molecular complexity index is 973. The first-order chi connectivity index (χ1) is 12.4. The van der Waals surface area contributed by atoms with Crippen LogP contribution in [0.4, 0.5) is 10.1 Å². The first-order valence-electron chi connectivity index (χ1n) is 8.33. The number of carboxylic acid groups (broad SMARTS) is 1. The van der Waals surface area contributed by atoms with Crippen molar-refractivity contribution in [2.24, 2.45) is 0 Å². The molecule has 2 aliphatic heterocycles.